The van der Waals surface area contributed by atoms with Crippen molar-refractivity contribution >= 4 is 28.4 Å². The molecule has 0 aliphatic carbocycles. The van der Waals surface area contributed by atoms with E-state index < -0.39 is 0 Å². The average molecular weight is 397 g/mol. The van der Waals surface area contributed by atoms with Gasteiger partial charge in [0.25, 0.3) is 5.91 Å². The third kappa shape index (κ3) is 3.53. The van der Waals surface area contributed by atoms with E-state index in [0.29, 0.717) is 23.9 Å². The van der Waals surface area contributed by atoms with Gasteiger partial charge < -0.3 is 10.3 Å². The number of H-pyrrole nitrogens is 1. The molecule has 0 bridgehead atoms. The maximum absolute atomic E-state index is 12.4. The Labute approximate surface area is 167 Å². The molecule has 0 aliphatic heterocycles. The molecule has 0 spiro atoms. The third-order valence-electron chi connectivity index (χ3n) is 4.80. The molecule has 28 heavy (non-hydrogen) atoms. The molecule has 0 saturated carbocycles. The minimum absolute atomic E-state index is 0.190. The molecule has 4 aromatic rings. The summed E-state index contributed by atoms with van der Waals surface area (Å²) in [5.74, 6) is -0.190. The van der Waals surface area contributed by atoms with Crippen LogP contribution in [0, 0.1) is 13.8 Å². The average Bonchev–Trinajstić information content (AvgIpc) is 3.38. The highest BCUT2D eigenvalue weighted by atomic mass is 35.5. The molecular formula is C20H21ClN6O. The molecule has 0 unspecified atom stereocenters. The zero-order chi connectivity index (χ0) is 19.7. The summed E-state index contributed by atoms with van der Waals surface area (Å²) in [7, 11) is 0. The molecule has 8 heteroatoms. The summed E-state index contributed by atoms with van der Waals surface area (Å²) in [6, 6.07) is 9.84. The first kappa shape index (κ1) is 18.3. The van der Waals surface area contributed by atoms with E-state index in [4.69, 9.17) is 11.6 Å². The van der Waals surface area contributed by atoms with Crippen LogP contribution in [0.2, 0.25) is 5.02 Å². The molecule has 0 atom stereocenters. The Morgan fingerprint density at radius 1 is 1.21 bits per heavy atom. The summed E-state index contributed by atoms with van der Waals surface area (Å²) in [6.45, 7) is 4.72. The molecule has 0 aliphatic rings. The van der Waals surface area contributed by atoms with Crippen molar-refractivity contribution in [2.45, 2.75) is 26.9 Å². The Morgan fingerprint density at radius 2 is 2.04 bits per heavy atom. The Kier molecular flexibility index (Phi) is 4.92. The second-order valence-electron chi connectivity index (χ2n) is 6.73. The monoisotopic (exact) mass is 396 g/mol. The predicted molar refractivity (Wildman–Crippen MR) is 109 cm³/mol. The van der Waals surface area contributed by atoms with Crippen LogP contribution in [0.15, 0.2) is 42.7 Å². The largest absolute Gasteiger partial charge is 0.361 e. The van der Waals surface area contributed by atoms with Crippen LogP contribution in [0.1, 0.15) is 27.4 Å². The van der Waals surface area contributed by atoms with Gasteiger partial charge in [-0.15, -0.1) is 0 Å². The Bertz CT molecular complexity index is 1140. The Morgan fingerprint density at radius 3 is 2.82 bits per heavy atom. The lowest BCUT2D eigenvalue weighted by Gasteiger charge is -2.05. The van der Waals surface area contributed by atoms with Crippen molar-refractivity contribution in [3.63, 3.8) is 0 Å². The summed E-state index contributed by atoms with van der Waals surface area (Å²) in [4.78, 5) is 15.6. The maximum atomic E-state index is 12.4. The molecule has 2 N–H and O–H groups in total. The smallest absolute Gasteiger partial charge is 0.271 e. The molecular weight excluding hydrogens is 376 g/mol. The number of hydrogen-bond donors (Lipinski definition) is 2. The number of aryl methyl sites for hydroxylation is 1. The first-order valence-electron chi connectivity index (χ1n) is 9.09. The highest BCUT2D eigenvalue weighted by Gasteiger charge is 2.12. The molecule has 4 rings (SSSR count). The first-order valence-corrected chi connectivity index (χ1v) is 9.47. The van der Waals surface area contributed by atoms with Crippen molar-refractivity contribution in [1.29, 1.82) is 0 Å². The highest BCUT2D eigenvalue weighted by molar-refractivity contribution is 6.31. The van der Waals surface area contributed by atoms with E-state index in [-0.39, 0.29) is 5.91 Å². The normalized spacial score (nSPS) is 11.2. The summed E-state index contributed by atoms with van der Waals surface area (Å²) < 4.78 is 3.44. The molecule has 7 nitrogen and oxygen atoms in total. The number of nitrogens with zero attached hydrogens (tertiary/aromatic N) is 4. The van der Waals surface area contributed by atoms with Gasteiger partial charge in [-0.1, -0.05) is 29.8 Å². The number of fused-ring (bicyclic) bond motifs is 1. The van der Waals surface area contributed by atoms with Crippen LogP contribution in [-0.2, 0) is 13.1 Å². The van der Waals surface area contributed by atoms with Gasteiger partial charge in [0.2, 0.25) is 0 Å². The molecule has 1 amide bonds. The van der Waals surface area contributed by atoms with E-state index in [1.807, 2.05) is 38.2 Å². The van der Waals surface area contributed by atoms with Crippen molar-refractivity contribution in [3.05, 3.63) is 70.4 Å². The number of para-hydroxylation sites is 1. The van der Waals surface area contributed by atoms with Crippen LogP contribution < -0.4 is 5.32 Å². The van der Waals surface area contributed by atoms with Crippen molar-refractivity contribution in [1.82, 2.24) is 29.9 Å². The second kappa shape index (κ2) is 7.52. The number of halogens is 1. The standard InChI is InChI=1S/C20H21ClN6O/c1-13-19(21)14(2)27(24-13)12-26-10-8-18(25-26)20(28)22-9-7-15-11-23-17-6-4-3-5-16(15)17/h3-6,8,10-11,23H,7,9,12H2,1-2H3,(H,22,28). The van der Waals surface area contributed by atoms with E-state index >= 15 is 0 Å². The number of carbonyl (C=O) groups is 1. The molecule has 0 saturated heterocycles. The van der Waals surface area contributed by atoms with Crippen LogP contribution in [0.4, 0.5) is 0 Å². The first-order chi connectivity index (χ1) is 13.5. The Hall–Kier alpha value is -3.06. The number of nitrogens with one attached hydrogen (secondary N) is 2. The number of hydrogen-bond acceptors (Lipinski definition) is 3. The van der Waals surface area contributed by atoms with Gasteiger partial charge >= 0.3 is 0 Å². The van der Waals surface area contributed by atoms with Gasteiger partial charge in [-0.05, 0) is 38.0 Å². The van der Waals surface area contributed by atoms with Crippen molar-refractivity contribution in [3.8, 4) is 0 Å². The lowest BCUT2D eigenvalue weighted by atomic mass is 10.1. The van der Waals surface area contributed by atoms with Gasteiger partial charge in [0.15, 0.2) is 0 Å². The lowest BCUT2D eigenvalue weighted by molar-refractivity contribution is 0.0948. The van der Waals surface area contributed by atoms with Gasteiger partial charge in [0.05, 0.1) is 16.4 Å². The number of benzene rings is 1. The molecule has 3 heterocycles. The van der Waals surface area contributed by atoms with Crippen LogP contribution in [0.3, 0.4) is 0 Å². The molecule has 1 aromatic carbocycles. The van der Waals surface area contributed by atoms with Gasteiger partial charge in [-0.2, -0.15) is 10.2 Å². The topological polar surface area (TPSA) is 80.5 Å². The van der Waals surface area contributed by atoms with E-state index in [1.165, 1.54) is 10.9 Å². The van der Waals surface area contributed by atoms with Crippen LogP contribution in [0.5, 0.6) is 0 Å². The molecule has 3 aromatic heterocycles. The highest BCUT2D eigenvalue weighted by Crippen LogP contribution is 2.19. The summed E-state index contributed by atoms with van der Waals surface area (Å²) in [5.41, 5.74) is 4.32. The zero-order valence-corrected chi connectivity index (χ0v) is 16.5. The SMILES string of the molecule is Cc1nn(Cn2ccc(C(=O)NCCc3c[nH]c4ccccc34)n2)c(C)c1Cl. The number of amides is 1. The summed E-state index contributed by atoms with van der Waals surface area (Å²) in [5, 5.41) is 13.5. The van der Waals surface area contributed by atoms with Gasteiger partial charge in [-0.3, -0.25) is 9.48 Å². The van der Waals surface area contributed by atoms with Gasteiger partial charge in [0.1, 0.15) is 12.4 Å². The lowest BCUT2D eigenvalue weighted by Crippen LogP contribution is -2.26. The van der Waals surface area contributed by atoms with Gasteiger partial charge in [-0.25, -0.2) is 4.68 Å². The minimum Gasteiger partial charge on any atom is -0.361 e. The van der Waals surface area contributed by atoms with E-state index in [0.717, 1.165) is 23.3 Å². The fourth-order valence-corrected chi connectivity index (χ4v) is 3.39. The number of aromatic nitrogens is 5. The van der Waals surface area contributed by atoms with Crippen LogP contribution in [-0.4, -0.2) is 37.0 Å². The van der Waals surface area contributed by atoms with Crippen molar-refractivity contribution in [2.75, 3.05) is 6.54 Å². The number of rotatable bonds is 6. The molecule has 0 fully saturated rings. The predicted octanol–water partition coefficient (Wildman–Crippen LogP) is 3.31. The van der Waals surface area contributed by atoms with Crippen molar-refractivity contribution < 1.29 is 4.79 Å². The zero-order valence-electron chi connectivity index (χ0n) is 15.7. The van der Waals surface area contributed by atoms with Gasteiger partial charge in [0, 0.05) is 29.8 Å². The van der Waals surface area contributed by atoms with Crippen molar-refractivity contribution in [2.24, 2.45) is 0 Å². The summed E-state index contributed by atoms with van der Waals surface area (Å²) in [6.07, 6.45) is 4.50. The van der Waals surface area contributed by atoms with Crippen LogP contribution >= 0.6 is 11.6 Å². The third-order valence-corrected chi connectivity index (χ3v) is 5.35. The quantitative estimate of drug-likeness (QED) is 0.524. The minimum atomic E-state index is -0.190. The molecule has 0 radical (unpaired) electrons. The summed E-state index contributed by atoms with van der Waals surface area (Å²) >= 11 is 6.18. The second-order valence-corrected chi connectivity index (χ2v) is 7.11. The fourth-order valence-electron chi connectivity index (χ4n) is 3.25. The Balaban J connectivity index is 1.36. The van der Waals surface area contributed by atoms with E-state index in [2.05, 4.69) is 26.6 Å². The molecule has 144 valence electrons. The number of carbonyl (C=O) groups excluding carboxylic acids is 1. The number of aromatic amines is 1. The fraction of sp³-hybridized carbons (Fsp3) is 0.250. The van der Waals surface area contributed by atoms with E-state index in [9.17, 15) is 4.79 Å². The maximum Gasteiger partial charge on any atom is 0.271 e. The van der Waals surface area contributed by atoms with E-state index in [1.54, 1.807) is 21.6 Å². The van der Waals surface area contributed by atoms with Crippen LogP contribution in [0.25, 0.3) is 10.9 Å².